The van der Waals surface area contributed by atoms with E-state index < -0.39 is 31.4 Å². The molecule has 0 aliphatic carbocycles. The highest BCUT2D eigenvalue weighted by Crippen LogP contribution is 2.11. The van der Waals surface area contributed by atoms with E-state index in [4.69, 9.17) is 14.3 Å². The number of unbranched alkanes of at least 4 members (excludes halogenated alkanes) is 13. The molecule has 0 atom stereocenters. The standard InChI is InChI=1S/C24H47N3O3.ClH/c1-4-6-8-10-11-12-13-14-15-17-19-22(28)26-24(25)27(3)21-23(29)30-20-18-16-9-7-5-2;/h4-21H2,1-3H3,(H2,25,26,28);1H/i3D3;. The first-order chi connectivity index (χ1) is 15.7. The van der Waals surface area contributed by atoms with Crippen molar-refractivity contribution in [3.05, 3.63) is 0 Å². The second-order valence-electron chi connectivity index (χ2n) is 8.05. The second kappa shape index (κ2) is 23.4. The summed E-state index contributed by atoms with van der Waals surface area (Å²) in [5.74, 6) is -1.71. The summed E-state index contributed by atoms with van der Waals surface area (Å²) in [5, 5.41) is 10.3. The fraction of sp³-hybridized carbons (Fsp3) is 0.875. The van der Waals surface area contributed by atoms with Crippen molar-refractivity contribution in [3.63, 3.8) is 0 Å². The van der Waals surface area contributed by atoms with Crippen molar-refractivity contribution in [1.82, 2.24) is 10.2 Å². The van der Waals surface area contributed by atoms with Gasteiger partial charge in [-0.05, 0) is 12.8 Å². The quantitative estimate of drug-likeness (QED) is 0.103. The molecule has 0 saturated carbocycles. The van der Waals surface area contributed by atoms with Gasteiger partial charge in [-0.3, -0.25) is 20.3 Å². The molecule has 6 nitrogen and oxygen atoms in total. The zero-order chi connectivity index (χ0) is 25.0. The lowest BCUT2D eigenvalue weighted by Crippen LogP contribution is -2.43. The maximum atomic E-state index is 12.1. The summed E-state index contributed by atoms with van der Waals surface area (Å²) in [6, 6.07) is 0. The van der Waals surface area contributed by atoms with Crippen LogP contribution in [0.3, 0.4) is 0 Å². The Balaban J connectivity index is 0. The molecule has 0 aliphatic rings. The van der Waals surface area contributed by atoms with E-state index in [0.29, 0.717) is 11.3 Å². The predicted octanol–water partition coefficient (Wildman–Crippen LogP) is 6.22. The minimum atomic E-state index is -2.72. The monoisotopic (exact) mass is 464 g/mol. The second-order valence-corrected chi connectivity index (χ2v) is 8.05. The number of hydrogen-bond acceptors (Lipinski definition) is 4. The fourth-order valence-corrected chi connectivity index (χ4v) is 3.18. The molecule has 0 fully saturated rings. The number of nitrogens with one attached hydrogen (secondary N) is 2. The molecular weight excluding hydrogens is 414 g/mol. The fourth-order valence-electron chi connectivity index (χ4n) is 3.18. The van der Waals surface area contributed by atoms with Crippen molar-refractivity contribution in [2.45, 2.75) is 117 Å². The summed E-state index contributed by atoms with van der Waals surface area (Å²) in [4.78, 5) is 24.8. The summed E-state index contributed by atoms with van der Waals surface area (Å²) in [6.45, 7) is 1.25. The van der Waals surface area contributed by atoms with Gasteiger partial charge in [0.1, 0.15) is 6.54 Å². The molecule has 0 aromatic heterocycles. The van der Waals surface area contributed by atoms with Crippen molar-refractivity contribution in [2.75, 3.05) is 20.1 Å². The molecule has 0 radical (unpaired) electrons. The summed E-state index contributed by atoms with van der Waals surface area (Å²) in [5.41, 5.74) is 0. The highest BCUT2D eigenvalue weighted by atomic mass is 35.5. The van der Waals surface area contributed by atoms with E-state index in [1.165, 1.54) is 38.5 Å². The number of likely N-dealkylation sites (N-methyl/N-ethyl adjacent to an activating group) is 1. The molecule has 0 rings (SSSR count). The maximum Gasteiger partial charge on any atom is 0.325 e. The van der Waals surface area contributed by atoms with Crippen molar-refractivity contribution in [2.24, 2.45) is 0 Å². The molecule has 7 heteroatoms. The van der Waals surface area contributed by atoms with Crippen LogP contribution in [0.4, 0.5) is 0 Å². The van der Waals surface area contributed by atoms with Crippen LogP contribution in [0.25, 0.3) is 0 Å². The number of ether oxygens (including phenoxy) is 1. The molecule has 0 aromatic carbocycles. The molecule has 2 N–H and O–H groups in total. The Morgan fingerprint density at radius 2 is 1.32 bits per heavy atom. The molecule has 0 unspecified atom stereocenters. The first-order valence-corrected chi connectivity index (χ1v) is 12.0. The van der Waals surface area contributed by atoms with Crippen molar-refractivity contribution < 1.29 is 18.4 Å². The number of guanidine groups is 1. The first-order valence-electron chi connectivity index (χ1n) is 13.5. The first kappa shape index (κ1) is 26.0. The Morgan fingerprint density at radius 1 is 0.839 bits per heavy atom. The van der Waals surface area contributed by atoms with Gasteiger partial charge in [0, 0.05) is 17.5 Å². The highest BCUT2D eigenvalue weighted by Gasteiger charge is 2.13. The number of carbonyl (C=O) groups is 2. The zero-order valence-electron chi connectivity index (χ0n) is 22.8. The Hall–Kier alpha value is -1.30. The topological polar surface area (TPSA) is 82.5 Å². The SMILES string of the molecule is Cl.[2H]C([2H])([2H])N(CC(=O)OCCCCCCC)C(=N)NC(=O)CCCCCCCCCCCC. The summed E-state index contributed by atoms with van der Waals surface area (Å²) >= 11 is 0. The van der Waals surface area contributed by atoms with Crippen LogP contribution in [-0.2, 0) is 14.3 Å². The number of nitrogens with zero attached hydrogens (tertiary/aromatic N) is 1. The van der Waals surface area contributed by atoms with E-state index in [9.17, 15) is 9.59 Å². The number of amides is 1. The molecule has 0 bridgehead atoms. The smallest absolute Gasteiger partial charge is 0.325 e. The van der Waals surface area contributed by atoms with Crippen LogP contribution in [0.1, 0.15) is 121 Å². The average Bonchev–Trinajstić information content (AvgIpc) is 2.74. The summed E-state index contributed by atoms with van der Waals surface area (Å²) in [6.07, 6.45) is 16.8. The van der Waals surface area contributed by atoms with Crippen molar-refractivity contribution in [1.29, 1.82) is 5.41 Å². The lowest BCUT2D eigenvalue weighted by atomic mass is 10.1. The van der Waals surface area contributed by atoms with Gasteiger partial charge in [-0.2, -0.15) is 0 Å². The van der Waals surface area contributed by atoms with E-state index >= 15 is 0 Å². The van der Waals surface area contributed by atoms with Crippen LogP contribution >= 0.6 is 12.4 Å². The van der Waals surface area contributed by atoms with E-state index in [1.807, 2.05) is 0 Å². The number of halogens is 1. The van der Waals surface area contributed by atoms with Gasteiger partial charge in [0.2, 0.25) is 5.91 Å². The van der Waals surface area contributed by atoms with Crippen LogP contribution in [0.2, 0.25) is 0 Å². The zero-order valence-corrected chi connectivity index (χ0v) is 20.6. The van der Waals surface area contributed by atoms with Gasteiger partial charge in [-0.1, -0.05) is 97.3 Å². The lowest BCUT2D eigenvalue weighted by molar-refractivity contribution is -0.144. The van der Waals surface area contributed by atoms with Gasteiger partial charge >= 0.3 is 5.97 Å². The molecular formula is C24H48ClN3O3. The number of hydrogen-bond donors (Lipinski definition) is 2. The van der Waals surface area contributed by atoms with Crippen molar-refractivity contribution >= 4 is 30.2 Å². The molecule has 31 heavy (non-hydrogen) atoms. The summed E-state index contributed by atoms with van der Waals surface area (Å²) < 4.78 is 27.9. The Labute approximate surface area is 201 Å². The Bertz CT molecular complexity index is 549. The van der Waals surface area contributed by atoms with Gasteiger partial charge in [-0.25, -0.2) is 0 Å². The van der Waals surface area contributed by atoms with E-state index in [2.05, 4.69) is 19.2 Å². The number of carbonyl (C=O) groups excluding carboxylic acids is 2. The summed E-state index contributed by atoms with van der Waals surface area (Å²) in [7, 11) is 0. The lowest BCUT2D eigenvalue weighted by Gasteiger charge is -2.19. The third kappa shape index (κ3) is 21.7. The van der Waals surface area contributed by atoms with E-state index in [1.54, 1.807) is 0 Å². The molecule has 184 valence electrons. The van der Waals surface area contributed by atoms with E-state index in [0.717, 1.165) is 51.4 Å². The Kier molecular flexibility index (Phi) is 19.6. The van der Waals surface area contributed by atoms with Crippen LogP contribution < -0.4 is 5.32 Å². The molecule has 1 amide bonds. The number of rotatable bonds is 19. The van der Waals surface area contributed by atoms with Crippen LogP contribution in [-0.4, -0.2) is 42.9 Å². The van der Waals surface area contributed by atoms with Crippen LogP contribution in [0.15, 0.2) is 0 Å². The largest absolute Gasteiger partial charge is 0.464 e. The normalized spacial score (nSPS) is 12.1. The van der Waals surface area contributed by atoms with Crippen molar-refractivity contribution in [3.8, 4) is 0 Å². The van der Waals surface area contributed by atoms with Gasteiger partial charge in [0.05, 0.1) is 6.61 Å². The number of esters is 1. The van der Waals surface area contributed by atoms with Gasteiger partial charge in [0.25, 0.3) is 0 Å². The van der Waals surface area contributed by atoms with Gasteiger partial charge < -0.3 is 9.64 Å². The minimum absolute atomic E-state index is 0. The molecule has 0 saturated heterocycles. The van der Waals surface area contributed by atoms with E-state index in [-0.39, 0.29) is 25.4 Å². The molecule has 0 aromatic rings. The third-order valence-corrected chi connectivity index (χ3v) is 5.08. The Morgan fingerprint density at radius 3 is 1.84 bits per heavy atom. The van der Waals surface area contributed by atoms with Crippen LogP contribution in [0, 0.1) is 5.41 Å². The van der Waals surface area contributed by atoms with Gasteiger partial charge in [-0.15, -0.1) is 12.4 Å². The molecule has 0 aliphatic heterocycles. The highest BCUT2D eigenvalue weighted by molar-refractivity contribution is 5.96. The average molecular weight is 465 g/mol. The van der Waals surface area contributed by atoms with Crippen LogP contribution in [0.5, 0.6) is 0 Å². The van der Waals surface area contributed by atoms with Gasteiger partial charge in [0.15, 0.2) is 5.96 Å². The predicted molar refractivity (Wildman–Crippen MR) is 132 cm³/mol. The molecule has 0 spiro atoms. The molecule has 0 heterocycles. The third-order valence-electron chi connectivity index (χ3n) is 5.08. The maximum absolute atomic E-state index is 12.1. The minimum Gasteiger partial charge on any atom is -0.464 e.